The Morgan fingerprint density at radius 1 is 1.16 bits per heavy atom. The molecule has 0 aliphatic heterocycles. The maximum atomic E-state index is 5.99. The second-order valence-electron chi connectivity index (χ2n) is 4.61. The van der Waals surface area contributed by atoms with Gasteiger partial charge in [0.25, 0.3) is 0 Å². The van der Waals surface area contributed by atoms with Crippen molar-refractivity contribution in [3.05, 3.63) is 11.6 Å². The topological polar surface area (TPSA) is 57.7 Å². The highest BCUT2D eigenvalue weighted by molar-refractivity contribution is 6.28. The summed E-state index contributed by atoms with van der Waals surface area (Å²) in [6.45, 7) is 6.35. The summed E-state index contributed by atoms with van der Waals surface area (Å²) in [6.07, 6.45) is 6.24. The van der Waals surface area contributed by atoms with E-state index in [1.54, 1.807) is 6.33 Å². The van der Waals surface area contributed by atoms with Gasteiger partial charge in [0.2, 0.25) is 5.28 Å². The largest absolute Gasteiger partial charge is 0.355 e. The van der Waals surface area contributed by atoms with Crippen LogP contribution >= 0.6 is 11.6 Å². The van der Waals surface area contributed by atoms with Gasteiger partial charge in [-0.2, -0.15) is 9.97 Å². The van der Waals surface area contributed by atoms with Gasteiger partial charge in [0.1, 0.15) is 5.52 Å². The molecule has 6 heteroatoms. The SMILES string of the molecule is CCCCN(CCCC)c1nc(Cl)nc2nc[nH]c12. The molecule has 0 spiro atoms. The fourth-order valence-corrected chi connectivity index (χ4v) is 2.20. The van der Waals surface area contributed by atoms with Gasteiger partial charge in [0.05, 0.1) is 6.33 Å². The molecule has 0 unspecified atom stereocenters. The smallest absolute Gasteiger partial charge is 0.226 e. The fraction of sp³-hybridized carbons (Fsp3) is 0.615. The maximum absolute atomic E-state index is 5.99. The van der Waals surface area contributed by atoms with Gasteiger partial charge in [-0.3, -0.25) is 0 Å². The minimum atomic E-state index is 0.257. The molecule has 1 N–H and O–H groups in total. The number of aromatic nitrogens is 4. The minimum Gasteiger partial charge on any atom is -0.355 e. The highest BCUT2D eigenvalue weighted by atomic mass is 35.5. The molecule has 0 atom stereocenters. The molecule has 0 saturated heterocycles. The molecule has 19 heavy (non-hydrogen) atoms. The van der Waals surface area contributed by atoms with E-state index in [4.69, 9.17) is 11.6 Å². The van der Waals surface area contributed by atoms with Crippen LogP contribution in [0.5, 0.6) is 0 Å². The zero-order valence-corrected chi connectivity index (χ0v) is 12.2. The summed E-state index contributed by atoms with van der Waals surface area (Å²) in [4.78, 5) is 18.1. The first-order valence-corrected chi connectivity index (χ1v) is 7.25. The van der Waals surface area contributed by atoms with Crippen LogP contribution in [0.1, 0.15) is 39.5 Å². The zero-order valence-electron chi connectivity index (χ0n) is 11.5. The van der Waals surface area contributed by atoms with Gasteiger partial charge in [-0.1, -0.05) is 26.7 Å². The summed E-state index contributed by atoms with van der Waals surface area (Å²) in [5.74, 6) is 0.870. The maximum Gasteiger partial charge on any atom is 0.226 e. The number of nitrogens with one attached hydrogen (secondary N) is 1. The number of H-pyrrole nitrogens is 1. The van der Waals surface area contributed by atoms with Crippen molar-refractivity contribution >= 4 is 28.6 Å². The number of halogens is 1. The van der Waals surface area contributed by atoms with Crippen LogP contribution in [0.2, 0.25) is 5.28 Å². The van der Waals surface area contributed by atoms with Crippen molar-refractivity contribution in [1.29, 1.82) is 0 Å². The van der Waals surface area contributed by atoms with Crippen molar-refractivity contribution in [2.24, 2.45) is 0 Å². The average molecular weight is 282 g/mol. The van der Waals surface area contributed by atoms with E-state index in [2.05, 4.69) is 38.7 Å². The van der Waals surface area contributed by atoms with Gasteiger partial charge in [-0.05, 0) is 24.4 Å². The highest BCUT2D eigenvalue weighted by Crippen LogP contribution is 2.23. The fourth-order valence-electron chi connectivity index (χ4n) is 2.04. The Morgan fingerprint density at radius 2 is 1.84 bits per heavy atom. The Labute approximate surface area is 118 Å². The monoisotopic (exact) mass is 281 g/mol. The normalized spacial score (nSPS) is 11.1. The van der Waals surface area contributed by atoms with E-state index in [1.807, 2.05) is 0 Å². The lowest BCUT2D eigenvalue weighted by Crippen LogP contribution is -2.27. The van der Waals surface area contributed by atoms with E-state index in [-0.39, 0.29) is 5.28 Å². The molecule has 0 aliphatic carbocycles. The third-order valence-corrected chi connectivity index (χ3v) is 3.27. The van der Waals surface area contributed by atoms with Gasteiger partial charge < -0.3 is 9.88 Å². The predicted octanol–water partition coefficient (Wildman–Crippen LogP) is 3.41. The van der Waals surface area contributed by atoms with Crippen molar-refractivity contribution in [3.8, 4) is 0 Å². The Bertz CT molecular complexity index is 517. The summed E-state index contributed by atoms with van der Waals surface area (Å²) >= 11 is 5.99. The Morgan fingerprint density at radius 3 is 2.47 bits per heavy atom. The summed E-state index contributed by atoms with van der Waals surface area (Å²) in [7, 11) is 0. The molecule has 5 nitrogen and oxygen atoms in total. The Hall–Kier alpha value is -1.36. The number of anilines is 1. The number of aromatic amines is 1. The molecule has 0 aromatic carbocycles. The van der Waals surface area contributed by atoms with Crippen LogP contribution in [0.4, 0.5) is 5.82 Å². The van der Waals surface area contributed by atoms with Crippen LogP contribution in [0, 0.1) is 0 Å². The summed E-state index contributed by atoms with van der Waals surface area (Å²) in [6, 6.07) is 0. The molecule has 2 rings (SSSR count). The number of unbranched alkanes of at least 4 members (excludes halogenated alkanes) is 2. The number of nitrogens with zero attached hydrogens (tertiary/aromatic N) is 4. The number of rotatable bonds is 7. The third kappa shape index (κ3) is 3.35. The molecule has 0 fully saturated rings. The first-order valence-electron chi connectivity index (χ1n) is 6.87. The standard InChI is InChI=1S/C13H20ClN5/c1-3-5-7-19(8-6-4-2)12-10-11(16-9-15-10)17-13(14)18-12/h9H,3-8H2,1-2H3,(H,15,16,17,18). The van der Waals surface area contributed by atoms with Crippen molar-refractivity contribution in [3.63, 3.8) is 0 Å². The second kappa shape index (κ2) is 6.70. The highest BCUT2D eigenvalue weighted by Gasteiger charge is 2.15. The van der Waals surface area contributed by atoms with Crippen LogP contribution in [0.3, 0.4) is 0 Å². The number of fused-ring (bicyclic) bond motifs is 1. The molecule has 2 aromatic heterocycles. The summed E-state index contributed by atoms with van der Waals surface area (Å²) < 4.78 is 0. The number of imidazole rings is 1. The molecule has 0 aliphatic rings. The Balaban J connectivity index is 2.33. The van der Waals surface area contributed by atoms with Gasteiger partial charge in [0, 0.05) is 13.1 Å². The van der Waals surface area contributed by atoms with Crippen molar-refractivity contribution in [2.75, 3.05) is 18.0 Å². The number of hydrogen-bond donors (Lipinski definition) is 1. The lowest BCUT2D eigenvalue weighted by atomic mass is 10.2. The van der Waals surface area contributed by atoms with Crippen LogP contribution < -0.4 is 4.90 Å². The zero-order chi connectivity index (χ0) is 13.7. The first kappa shape index (κ1) is 14.1. The van der Waals surface area contributed by atoms with E-state index in [1.165, 1.54) is 0 Å². The molecule has 0 amide bonds. The van der Waals surface area contributed by atoms with E-state index in [9.17, 15) is 0 Å². The molecule has 2 heterocycles. The molecule has 104 valence electrons. The number of hydrogen-bond acceptors (Lipinski definition) is 4. The van der Waals surface area contributed by atoms with Crippen molar-refractivity contribution in [1.82, 2.24) is 19.9 Å². The van der Waals surface area contributed by atoms with E-state index in [0.29, 0.717) is 5.65 Å². The predicted molar refractivity (Wildman–Crippen MR) is 78.7 cm³/mol. The molecule has 2 aromatic rings. The summed E-state index contributed by atoms with van der Waals surface area (Å²) in [5, 5.41) is 0.257. The lowest BCUT2D eigenvalue weighted by molar-refractivity contribution is 0.672. The molecule has 0 radical (unpaired) electrons. The minimum absolute atomic E-state index is 0.257. The van der Waals surface area contributed by atoms with Gasteiger partial charge >= 0.3 is 0 Å². The van der Waals surface area contributed by atoms with Gasteiger partial charge in [0.15, 0.2) is 11.5 Å². The lowest BCUT2D eigenvalue weighted by Gasteiger charge is -2.23. The molecular weight excluding hydrogens is 262 g/mol. The van der Waals surface area contributed by atoms with Crippen LogP contribution in [0.15, 0.2) is 6.33 Å². The van der Waals surface area contributed by atoms with E-state index in [0.717, 1.165) is 50.1 Å². The van der Waals surface area contributed by atoms with Crippen LogP contribution in [-0.2, 0) is 0 Å². The molecular formula is C13H20ClN5. The van der Waals surface area contributed by atoms with Gasteiger partial charge in [-0.15, -0.1) is 0 Å². The third-order valence-electron chi connectivity index (χ3n) is 3.10. The van der Waals surface area contributed by atoms with Gasteiger partial charge in [-0.25, -0.2) is 4.98 Å². The quantitative estimate of drug-likeness (QED) is 0.790. The van der Waals surface area contributed by atoms with Crippen LogP contribution in [0.25, 0.3) is 11.2 Å². The van der Waals surface area contributed by atoms with E-state index < -0.39 is 0 Å². The first-order chi connectivity index (χ1) is 9.26. The van der Waals surface area contributed by atoms with E-state index >= 15 is 0 Å². The van der Waals surface area contributed by atoms with Crippen LogP contribution in [-0.4, -0.2) is 33.0 Å². The Kier molecular flexibility index (Phi) is 4.96. The molecule has 0 bridgehead atoms. The van der Waals surface area contributed by atoms with Crippen molar-refractivity contribution < 1.29 is 0 Å². The summed E-state index contributed by atoms with van der Waals surface area (Å²) in [5.41, 5.74) is 1.50. The second-order valence-corrected chi connectivity index (χ2v) is 4.95. The van der Waals surface area contributed by atoms with Crippen molar-refractivity contribution in [2.45, 2.75) is 39.5 Å². The average Bonchev–Trinajstić information content (AvgIpc) is 2.86. The molecule has 0 saturated carbocycles.